The van der Waals surface area contributed by atoms with Crippen LogP contribution < -0.4 is 9.80 Å². The number of piperazine rings is 1. The maximum atomic E-state index is 11.5. The molecule has 0 radical (unpaired) electrons. The van der Waals surface area contributed by atoms with Gasteiger partial charge >= 0.3 is 0 Å². The first kappa shape index (κ1) is 17.8. The monoisotopic (exact) mass is 355 g/mol. The maximum Gasteiger partial charge on any atom is 0.293 e. The summed E-state index contributed by atoms with van der Waals surface area (Å²) in [5.41, 5.74) is 2.70. The number of benzene rings is 1. The lowest BCUT2D eigenvalue weighted by atomic mass is 10.1. The van der Waals surface area contributed by atoms with E-state index >= 15 is 0 Å². The van der Waals surface area contributed by atoms with Crippen molar-refractivity contribution in [2.45, 2.75) is 20.8 Å². The molecule has 0 spiro atoms. The molecule has 2 heterocycles. The third-order valence-electron chi connectivity index (χ3n) is 4.45. The number of anilines is 2. The molecule has 1 aliphatic rings. The molecular formula is C18H21N5O3. The quantitative estimate of drug-likeness (QED) is 0.473. The summed E-state index contributed by atoms with van der Waals surface area (Å²) < 4.78 is 0. The second kappa shape index (κ2) is 7.07. The Balaban J connectivity index is 1.79. The molecule has 0 amide bonds. The van der Waals surface area contributed by atoms with Crippen molar-refractivity contribution >= 4 is 23.1 Å². The standard InChI is InChI=1S/C18H21N5O3/c1-12-10-13(2)20-18(19-12)22-8-6-21(7-9-22)16-5-4-15(14(3)24)11-17(16)23(25)26/h4-5,10-11H,6-9H2,1-3H3. The number of aryl methyl sites for hydroxylation is 2. The number of hydrogen-bond acceptors (Lipinski definition) is 7. The highest BCUT2D eigenvalue weighted by atomic mass is 16.6. The van der Waals surface area contributed by atoms with Gasteiger partial charge in [0, 0.05) is 49.2 Å². The number of nitrogens with zero attached hydrogens (tertiary/aromatic N) is 5. The average Bonchev–Trinajstić information content (AvgIpc) is 2.60. The zero-order valence-corrected chi connectivity index (χ0v) is 15.1. The Morgan fingerprint density at radius 3 is 2.15 bits per heavy atom. The third-order valence-corrected chi connectivity index (χ3v) is 4.45. The molecule has 1 saturated heterocycles. The van der Waals surface area contributed by atoms with Crippen molar-refractivity contribution in [2.75, 3.05) is 36.0 Å². The minimum absolute atomic E-state index is 0.0335. The third kappa shape index (κ3) is 3.63. The highest BCUT2D eigenvalue weighted by Crippen LogP contribution is 2.30. The molecule has 0 saturated carbocycles. The molecule has 0 atom stereocenters. The molecule has 2 aromatic rings. The van der Waals surface area contributed by atoms with Crippen molar-refractivity contribution in [3.63, 3.8) is 0 Å². The van der Waals surface area contributed by atoms with E-state index in [-0.39, 0.29) is 11.5 Å². The molecule has 1 aliphatic heterocycles. The van der Waals surface area contributed by atoms with Crippen LogP contribution in [0.3, 0.4) is 0 Å². The smallest absolute Gasteiger partial charge is 0.293 e. The Kier molecular flexibility index (Phi) is 4.83. The fourth-order valence-corrected chi connectivity index (χ4v) is 3.15. The number of carbonyl (C=O) groups excluding carboxylic acids is 1. The summed E-state index contributed by atoms with van der Waals surface area (Å²) in [7, 11) is 0. The minimum Gasteiger partial charge on any atom is -0.362 e. The summed E-state index contributed by atoms with van der Waals surface area (Å²) in [6.07, 6.45) is 0. The van der Waals surface area contributed by atoms with E-state index < -0.39 is 4.92 Å². The van der Waals surface area contributed by atoms with Gasteiger partial charge < -0.3 is 9.80 Å². The predicted molar refractivity (Wildman–Crippen MR) is 99.0 cm³/mol. The van der Waals surface area contributed by atoms with Crippen LogP contribution in [-0.4, -0.2) is 46.9 Å². The number of carbonyl (C=O) groups is 1. The van der Waals surface area contributed by atoms with Crippen molar-refractivity contribution in [1.82, 2.24) is 9.97 Å². The number of hydrogen-bond donors (Lipinski definition) is 0. The van der Waals surface area contributed by atoms with Crippen molar-refractivity contribution in [3.8, 4) is 0 Å². The first-order chi connectivity index (χ1) is 12.3. The first-order valence-corrected chi connectivity index (χ1v) is 8.46. The molecule has 8 nitrogen and oxygen atoms in total. The molecule has 0 N–H and O–H groups in total. The number of rotatable bonds is 4. The Hall–Kier alpha value is -3.03. The summed E-state index contributed by atoms with van der Waals surface area (Å²) in [5, 5.41) is 11.4. The summed E-state index contributed by atoms with van der Waals surface area (Å²) >= 11 is 0. The molecule has 136 valence electrons. The molecule has 0 bridgehead atoms. The van der Waals surface area contributed by atoms with E-state index in [0.29, 0.717) is 43.4 Å². The Bertz CT molecular complexity index is 840. The lowest BCUT2D eigenvalue weighted by molar-refractivity contribution is -0.384. The predicted octanol–water partition coefficient (Wildman–Crippen LogP) is 2.53. The van der Waals surface area contributed by atoms with Crippen LogP contribution in [0.15, 0.2) is 24.3 Å². The van der Waals surface area contributed by atoms with Crippen LogP contribution in [0.1, 0.15) is 28.7 Å². The molecule has 1 aromatic heterocycles. The Morgan fingerprint density at radius 1 is 1.04 bits per heavy atom. The maximum absolute atomic E-state index is 11.5. The van der Waals surface area contributed by atoms with Crippen LogP contribution in [0.5, 0.6) is 0 Å². The number of nitro groups is 1. The molecule has 0 aliphatic carbocycles. The van der Waals surface area contributed by atoms with Gasteiger partial charge in [-0.1, -0.05) is 0 Å². The molecule has 3 rings (SSSR count). The second-order valence-corrected chi connectivity index (χ2v) is 6.44. The zero-order chi connectivity index (χ0) is 18.8. The average molecular weight is 355 g/mol. The summed E-state index contributed by atoms with van der Waals surface area (Å²) in [5.74, 6) is 0.514. The van der Waals surface area contributed by atoms with Crippen molar-refractivity contribution in [3.05, 3.63) is 51.3 Å². The van der Waals surface area contributed by atoms with Crippen molar-refractivity contribution in [1.29, 1.82) is 0 Å². The van der Waals surface area contributed by atoms with E-state index in [9.17, 15) is 14.9 Å². The van der Waals surface area contributed by atoms with Gasteiger partial charge in [0.25, 0.3) is 5.69 Å². The molecule has 26 heavy (non-hydrogen) atoms. The number of Topliss-reactive ketones (excluding diaryl/α,β-unsaturated/α-hetero) is 1. The lowest BCUT2D eigenvalue weighted by Crippen LogP contribution is -2.47. The van der Waals surface area contributed by atoms with Crippen molar-refractivity contribution in [2.24, 2.45) is 0 Å². The molecule has 1 aromatic carbocycles. The van der Waals surface area contributed by atoms with Crippen LogP contribution in [0.25, 0.3) is 0 Å². The van der Waals surface area contributed by atoms with Gasteiger partial charge in [0.2, 0.25) is 5.95 Å². The van der Waals surface area contributed by atoms with E-state index in [1.54, 1.807) is 12.1 Å². The molecular weight excluding hydrogens is 334 g/mol. The van der Waals surface area contributed by atoms with Gasteiger partial charge in [-0.2, -0.15) is 0 Å². The summed E-state index contributed by atoms with van der Waals surface area (Å²) in [6.45, 7) is 7.88. The van der Waals surface area contributed by atoms with Gasteiger partial charge in [-0.15, -0.1) is 0 Å². The Morgan fingerprint density at radius 2 is 1.62 bits per heavy atom. The fourth-order valence-electron chi connectivity index (χ4n) is 3.15. The van der Waals surface area contributed by atoms with Crippen LogP contribution in [0.2, 0.25) is 0 Å². The number of aromatic nitrogens is 2. The Labute approximate surface area is 151 Å². The minimum atomic E-state index is -0.429. The topological polar surface area (TPSA) is 92.5 Å². The van der Waals surface area contributed by atoms with Crippen molar-refractivity contribution < 1.29 is 9.72 Å². The SMILES string of the molecule is CC(=O)c1ccc(N2CCN(c3nc(C)cc(C)n3)CC2)c([N+](=O)[O-])c1. The molecule has 1 fully saturated rings. The summed E-state index contributed by atoms with van der Waals surface area (Å²) in [4.78, 5) is 35.5. The highest BCUT2D eigenvalue weighted by Gasteiger charge is 2.25. The van der Waals surface area contributed by atoms with Gasteiger partial charge in [-0.3, -0.25) is 14.9 Å². The van der Waals surface area contributed by atoms with Crippen LogP contribution >= 0.6 is 0 Å². The van der Waals surface area contributed by atoms with Crippen LogP contribution in [0, 0.1) is 24.0 Å². The van der Waals surface area contributed by atoms with Gasteiger partial charge in [0.05, 0.1) is 4.92 Å². The fraction of sp³-hybridized carbons (Fsp3) is 0.389. The number of nitro benzene ring substituents is 1. The molecule has 0 unspecified atom stereocenters. The van der Waals surface area contributed by atoms with E-state index in [1.165, 1.54) is 13.0 Å². The van der Waals surface area contributed by atoms with Crippen LogP contribution in [0.4, 0.5) is 17.3 Å². The largest absolute Gasteiger partial charge is 0.362 e. The second-order valence-electron chi connectivity index (χ2n) is 6.44. The molecule has 8 heteroatoms. The zero-order valence-electron chi connectivity index (χ0n) is 15.1. The lowest BCUT2D eigenvalue weighted by Gasteiger charge is -2.36. The number of ketones is 1. The summed E-state index contributed by atoms with van der Waals surface area (Å²) in [6, 6.07) is 6.60. The van der Waals surface area contributed by atoms with Gasteiger partial charge in [-0.25, -0.2) is 9.97 Å². The van der Waals surface area contributed by atoms with Gasteiger partial charge in [-0.05, 0) is 39.0 Å². The van der Waals surface area contributed by atoms with Gasteiger partial charge in [0.15, 0.2) is 5.78 Å². The first-order valence-electron chi connectivity index (χ1n) is 8.46. The van der Waals surface area contributed by atoms with Crippen LogP contribution in [-0.2, 0) is 0 Å². The van der Waals surface area contributed by atoms with E-state index in [2.05, 4.69) is 14.9 Å². The van der Waals surface area contributed by atoms with Gasteiger partial charge in [0.1, 0.15) is 5.69 Å². The van der Waals surface area contributed by atoms with E-state index in [0.717, 1.165) is 11.4 Å². The van der Waals surface area contributed by atoms with E-state index in [1.807, 2.05) is 24.8 Å². The normalized spacial score (nSPS) is 14.4. The highest BCUT2D eigenvalue weighted by molar-refractivity contribution is 5.95. The van der Waals surface area contributed by atoms with E-state index in [4.69, 9.17) is 0 Å².